The van der Waals surface area contributed by atoms with E-state index in [2.05, 4.69) is 63.1 Å². The van der Waals surface area contributed by atoms with Gasteiger partial charge in [-0.2, -0.15) is 0 Å². The lowest BCUT2D eigenvalue weighted by atomic mass is 9.82. The lowest BCUT2D eigenvalue weighted by molar-refractivity contribution is -0.127. The molecule has 2 atom stereocenters. The number of halogens is 5. The van der Waals surface area contributed by atoms with E-state index in [1.807, 2.05) is 10.9 Å². The van der Waals surface area contributed by atoms with Crippen molar-refractivity contribution in [3.05, 3.63) is 113 Å². The first-order valence-electron chi connectivity index (χ1n) is 21.6. The zero-order valence-electron chi connectivity index (χ0n) is 36.0. The Kier molecular flexibility index (Phi) is 18.7. The van der Waals surface area contributed by atoms with E-state index >= 15 is 0 Å². The largest absolute Gasteiger partial charge is 0.437 e. The van der Waals surface area contributed by atoms with Crippen LogP contribution in [0.3, 0.4) is 0 Å². The van der Waals surface area contributed by atoms with Crippen molar-refractivity contribution in [3.8, 4) is 0 Å². The Morgan fingerprint density at radius 2 is 1.14 bits per heavy atom. The zero-order valence-corrected chi connectivity index (χ0v) is 38.3. The van der Waals surface area contributed by atoms with Crippen LogP contribution in [0.15, 0.2) is 86.2 Å². The summed E-state index contributed by atoms with van der Waals surface area (Å²) in [6, 6.07) is 15.1. The minimum atomic E-state index is -0.474. The van der Waals surface area contributed by atoms with Crippen LogP contribution in [-0.2, 0) is 4.79 Å². The van der Waals surface area contributed by atoms with Crippen molar-refractivity contribution >= 4 is 88.2 Å². The minimum Gasteiger partial charge on any atom is -0.437 e. The lowest BCUT2D eigenvalue weighted by Crippen LogP contribution is -2.48. The summed E-state index contributed by atoms with van der Waals surface area (Å²) in [6.45, 7) is 8.44. The quantitative estimate of drug-likeness (QED) is 0.0395. The fourth-order valence-electron chi connectivity index (χ4n) is 7.63. The van der Waals surface area contributed by atoms with Crippen LogP contribution >= 0.6 is 34.8 Å². The standard InChI is InChI=1S/C18H19ClFN5O.C16H18ClFN4.C10H16BClN4O/c1-2-18(26)25-7-3-4-13(10-25)24-17-9-16(21-11-22-17)23-12-5-6-15(20)14(19)8-12;17-13-8-12(6-7-14(13)18)22-16-9-15(19-10-20-16)21-11-4-2-1-3-5-11;1-11(17)16-4-2-3-8(6-16)15-10-5-9(12)13-7-14-10/h2,5-6,8-9,11,13H,1,3-4,7,10H2,(H2,21,22,23,24);6-11H,1-5H2,(H2,19,20,21,22);5,7-8,17H,2-4,6H2,1H3,(H,13,14,15). The fraction of sp³-hybridized carbons (Fsp3) is 0.386. The Morgan fingerprint density at radius 3 is 1.66 bits per heavy atom. The van der Waals surface area contributed by atoms with Gasteiger partial charge in [0, 0.05) is 67.3 Å². The molecule has 1 amide bonds. The number of hydrogen-bond donors (Lipinski definition) is 6. The van der Waals surface area contributed by atoms with Crippen LogP contribution in [0.25, 0.3) is 0 Å². The van der Waals surface area contributed by atoms with Crippen LogP contribution in [-0.4, -0.2) is 102 Å². The van der Waals surface area contributed by atoms with E-state index in [-0.39, 0.29) is 22.0 Å². The van der Waals surface area contributed by atoms with Crippen LogP contribution in [0.2, 0.25) is 22.0 Å². The van der Waals surface area contributed by atoms with Crippen LogP contribution in [0.1, 0.15) is 57.8 Å². The summed E-state index contributed by atoms with van der Waals surface area (Å²) in [7, 11) is -0.395. The van der Waals surface area contributed by atoms with Gasteiger partial charge in [0.15, 0.2) is 0 Å². The number of amides is 1. The minimum absolute atomic E-state index is 0.0385. The number of likely N-dealkylation sites (tertiary alicyclic amines) is 1. The monoisotopic (exact) mass is 949 g/mol. The number of rotatable bonds is 12. The van der Waals surface area contributed by atoms with Gasteiger partial charge in [0.25, 0.3) is 0 Å². The molecule has 5 aromatic rings. The van der Waals surface area contributed by atoms with Crippen LogP contribution in [0.5, 0.6) is 0 Å². The maximum Gasteiger partial charge on any atom is 0.376 e. The van der Waals surface area contributed by atoms with Gasteiger partial charge in [0.2, 0.25) is 5.91 Å². The molecule has 3 fully saturated rings. The Hall–Kier alpha value is -5.40. The molecule has 3 aromatic heterocycles. The SMILES string of the molecule is C=CC(=O)N1CCCC(Nc2cc(Nc3ccc(F)c(Cl)c3)ncn2)C1.CB(O)N1CCCC(Nc2cc(Cl)ncn2)C1.Fc1ccc(Nc2cc(NC3CCCCC3)ncn2)cc1Cl. The lowest BCUT2D eigenvalue weighted by Gasteiger charge is -2.34. The van der Waals surface area contributed by atoms with Gasteiger partial charge in [-0.3, -0.25) is 4.79 Å². The summed E-state index contributed by atoms with van der Waals surface area (Å²) in [6.07, 6.45) is 16.0. The van der Waals surface area contributed by atoms with Gasteiger partial charge in [-0.25, -0.2) is 38.7 Å². The van der Waals surface area contributed by atoms with Gasteiger partial charge >= 0.3 is 7.05 Å². The highest BCUT2D eigenvalue weighted by atomic mass is 35.5. The predicted octanol–water partition coefficient (Wildman–Crippen LogP) is 9.48. The van der Waals surface area contributed by atoms with E-state index in [4.69, 9.17) is 34.8 Å². The van der Waals surface area contributed by atoms with Crippen LogP contribution < -0.4 is 26.6 Å². The van der Waals surface area contributed by atoms with E-state index in [9.17, 15) is 18.6 Å². The van der Waals surface area contributed by atoms with E-state index in [0.29, 0.717) is 52.6 Å². The molecule has 1 saturated carbocycles. The van der Waals surface area contributed by atoms with E-state index in [0.717, 1.165) is 57.0 Å². The second-order valence-corrected chi connectivity index (χ2v) is 17.1. The first-order valence-corrected chi connectivity index (χ1v) is 22.7. The van der Waals surface area contributed by atoms with Crippen molar-refractivity contribution in [1.82, 2.24) is 39.6 Å². The number of aromatic nitrogens is 6. The number of hydrogen-bond acceptors (Lipinski definition) is 14. The van der Waals surface area contributed by atoms with Gasteiger partial charge in [0.1, 0.15) is 64.9 Å². The summed E-state index contributed by atoms with van der Waals surface area (Å²) >= 11 is 17.4. The number of nitrogens with one attached hydrogen (secondary N) is 5. The molecule has 0 bridgehead atoms. The Morgan fingerprint density at radius 1 is 0.662 bits per heavy atom. The van der Waals surface area contributed by atoms with Crippen molar-refractivity contribution in [1.29, 1.82) is 0 Å². The van der Waals surface area contributed by atoms with Crippen LogP contribution in [0.4, 0.5) is 49.2 Å². The molecule has 3 aliphatic rings. The molecule has 2 aliphatic heterocycles. The van der Waals surface area contributed by atoms with E-state index in [1.54, 1.807) is 36.0 Å². The second kappa shape index (κ2) is 24.8. The Balaban J connectivity index is 0.000000165. The van der Waals surface area contributed by atoms with E-state index < -0.39 is 18.7 Å². The first-order chi connectivity index (χ1) is 31.4. The molecule has 0 radical (unpaired) electrons. The molecule has 344 valence electrons. The topological polar surface area (TPSA) is 181 Å². The van der Waals surface area contributed by atoms with Gasteiger partial charge in [-0.05, 0) is 94.4 Å². The van der Waals surface area contributed by atoms with Crippen molar-refractivity contribution in [3.63, 3.8) is 0 Å². The summed E-state index contributed by atoms with van der Waals surface area (Å²) < 4.78 is 26.4. The summed E-state index contributed by atoms with van der Waals surface area (Å²) in [5.74, 6) is 2.42. The molecule has 65 heavy (non-hydrogen) atoms. The highest BCUT2D eigenvalue weighted by molar-refractivity contribution is 6.45. The molecule has 2 aromatic carbocycles. The number of nitrogens with zero attached hydrogens (tertiary/aromatic N) is 8. The molecule has 0 spiro atoms. The third-order valence-corrected chi connectivity index (χ3v) is 11.7. The van der Waals surface area contributed by atoms with Crippen molar-refractivity contribution in [2.24, 2.45) is 0 Å². The van der Waals surface area contributed by atoms with Gasteiger partial charge in [-0.15, -0.1) is 0 Å². The Bertz CT molecular complexity index is 2330. The van der Waals surface area contributed by atoms with Crippen LogP contribution in [0, 0.1) is 11.6 Å². The molecule has 5 heterocycles. The first kappa shape index (κ1) is 49.0. The van der Waals surface area contributed by atoms with E-state index in [1.165, 1.54) is 81.4 Å². The summed E-state index contributed by atoms with van der Waals surface area (Å²) in [4.78, 5) is 40.4. The number of anilines is 7. The number of carbonyl (C=O) groups is 1. The predicted molar refractivity (Wildman–Crippen MR) is 256 cm³/mol. The average Bonchev–Trinajstić information content (AvgIpc) is 3.30. The molecule has 1 aliphatic carbocycles. The summed E-state index contributed by atoms with van der Waals surface area (Å²) in [5, 5.41) is 26.4. The number of piperidine rings is 2. The second-order valence-electron chi connectivity index (χ2n) is 15.9. The fourth-order valence-corrected chi connectivity index (χ4v) is 8.14. The van der Waals surface area contributed by atoms with Gasteiger partial charge in [-0.1, -0.05) is 60.6 Å². The summed E-state index contributed by atoms with van der Waals surface area (Å²) in [5.41, 5.74) is 1.31. The van der Waals surface area contributed by atoms with Gasteiger partial charge < -0.3 is 41.3 Å². The third-order valence-electron chi connectivity index (χ3n) is 10.9. The number of carbonyl (C=O) groups excluding carboxylic acids is 1. The maximum atomic E-state index is 13.2. The average molecular weight is 951 g/mol. The Labute approximate surface area is 393 Å². The van der Waals surface area contributed by atoms with Crippen molar-refractivity contribution in [2.45, 2.75) is 82.7 Å². The molecular formula is C44H53BCl3F2N13O2. The molecular weight excluding hydrogens is 898 g/mol. The zero-order chi connectivity index (χ0) is 46.1. The maximum absolute atomic E-state index is 13.2. The third kappa shape index (κ3) is 15.9. The van der Waals surface area contributed by atoms with Crippen molar-refractivity contribution < 1.29 is 18.6 Å². The highest BCUT2D eigenvalue weighted by Gasteiger charge is 2.25. The highest BCUT2D eigenvalue weighted by Crippen LogP contribution is 2.26. The molecule has 15 nitrogen and oxygen atoms in total. The van der Waals surface area contributed by atoms with Gasteiger partial charge in [0.05, 0.1) is 10.0 Å². The molecule has 6 N–H and O–H groups in total. The molecule has 8 rings (SSSR count). The normalized spacial score (nSPS) is 17.6. The smallest absolute Gasteiger partial charge is 0.376 e. The molecule has 21 heteroatoms. The van der Waals surface area contributed by atoms with Crippen molar-refractivity contribution in [2.75, 3.05) is 52.8 Å². The molecule has 2 saturated heterocycles. The molecule has 2 unspecified atom stereocenters. The number of benzene rings is 2.